The minimum Gasteiger partial charge on any atom is -0.306 e. The molecule has 0 aliphatic carbocycles. The summed E-state index contributed by atoms with van der Waals surface area (Å²) in [4.78, 5) is 12.5. The molecule has 9 heteroatoms. The second-order valence-electron chi connectivity index (χ2n) is 5.86. The van der Waals surface area contributed by atoms with Crippen LogP contribution >= 0.6 is 27.5 Å². The van der Waals surface area contributed by atoms with Gasteiger partial charge in [-0.2, -0.15) is 10.2 Å². The van der Waals surface area contributed by atoms with Gasteiger partial charge < -0.3 is 5.32 Å². The molecule has 1 aromatic carbocycles. The standard InChI is InChI=1S/C17H16BrClFN5O/c1-10-14(18)8-25(22-10)11(2)17(26)21-16-15(19)9-24(23-16)7-12-4-3-5-13(20)6-12/h3-6,8-9,11H,7H2,1-2H3,(H,21,23,26). The zero-order valence-electron chi connectivity index (χ0n) is 14.1. The van der Waals surface area contributed by atoms with Gasteiger partial charge >= 0.3 is 0 Å². The lowest BCUT2D eigenvalue weighted by Gasteiger charge is -2.11. The van der Waals surface area contributed by atoms with Crippen LogP contribution in [0.1, 0.15) is 24.2 Å². The van der Waals surface area contributed by atoms with Gasteiger partial charge in [-0.05, 0) is 47.5 Å². The number of rotatable bonds is 5. The first-order chi connectivity index (χ1) is 12.3. The van der Waals surface area contributed by atoms with Gasteiger partial charge in [-0.15, -0.1) is 0 Å². The monoisotopic (exact) mass is 439 g/mol. The van der Waals surface area contributed by atoms with Crippen molar-refractivity contribution < 1.29 is 9.18 Å². The normalized spacial score (nSPS) is 12.2. The lowest BCUT2D eigenvalue weighted by Crippen LogP contribution is -2.24. The molecule has 0 spiro atoms. The van der Waals surface area contributed by atoms with E-state index in [0.29, 0.717) is 11.6 Å². The van der Waals surface area contributed by atoms with Gasteiger partial charge in [0.1, 0.15) is 16.9 Å². The van der Waals surface area contributed by atoms with Gasteiger partial charge in [0.2, 0.25) is 5.91 Å². The molecule has 6 nitrogen and oxygen atoms in total. The second-order valence-corrected chi connectivity index (χ2v) is 7.12. The first-order valence-electron chi connectivity index (χ1n) is 7.83. The van der Waals surface area contributed by atoms with Crippen LogP contribution in [0.3, 0.4) is 0 Å². The van der Waals surface area contributed by atoms with Crippen LogP contribution in [-0.4, -0.2) is 25.5 Å². The zero-order valence-corrected chi connectivity index (χ0v) is 16.4. The van der Waals surface area contributed by atoms with Gasteiger partial charge in [-0.25, -0.2) is 4.39 Å². The molecular formula is C17H16BrClFN5O. The fourth-order valence-corrected chi connectivity index (χ4v) is 2.87. The minimum absolute atomic E-state index is 0.253. The molecule has 2 heterocycles. The van der Waals surface area contributed by atoms with Crippen molar-refractivity contribution in [2.75, 3.05) is 5.32 Å². The Morgan fingerprint density at radius 3 is 2.81 bits per heavy atom. The molecule has 0 aliphatic rings. The van der Waals surface area contributed by atoms with Crippen LogP contribution in [0.5, 0.6) is 0 Å². The van der Waals surface area contributed by atoms with E-state index in [1.807, 2.05) is 6.92 Å². The van der Waals surface area contributed by atoms with Gasteiger partial charge in [-0.3, -0.25) is 14.2 Å². The van der Waals surface area contributed by atoms with E-state index in [2.05, 4.69) is 31.4 Å². The molecule has 1 amide bonds. The molecular weight excluding hydrogens is 425 g/mol. The maximum atomic E-state index is 13.3. The molecule has 136 valence electrons. The highest BCUT2D eigenvalue weighted by Gasteiger charge is 2.19. The predicted molar refractivity (Wildman–Crippen MR) is 101 cm³/mol. The van der Waals surface area contributed by atoms with E-state index in [4.69, 9.17) is 11.6 Å². The van der Waals surface area contributed by atoms with E-state index in [0.717, 1.165) is 15.7 Å². The summed E-state index contributed by atoms with van der Waals surface area (Å²) in [6, 6.07) is 5.68. The van der Waals surface area contributed by atoms with Gasteiger partial charge in [-0.1, -0.05) is 23.7 Å². The number of nitrogens with zero attached hydrogens (tertiary/aromatic N) is 4. The highest BCUT2D eigenvalue weighted by molar-refractivity contribution is 9.10. The maximum Gasteiger partial charge on any atom is 0.250 e. The average Bonchev–Trinajstić information content (AvgIpc) is 3.09. The van der Waals surface area contributed by atoms with Crippen LogP contribution in [0.2, 0.25) is 5.02 Å². The fourth-order valence-electron chi connectivity index (χ4n) is 2.38. The van der Waals surface area contributed by atoms with Crippen molar-refractivity contribution in [1.82, 2.24) is 19.6 Å². The summed E-state index contributed by atoms with van der Waals surface area (Å²) in [7, 11) is 0. The molecule has 0 bridgehead atoms. The van der Waals surface area contributed by atoms with Crippen molar-refractivity contribution in [2.24, 2.45) is 0 Å². The number of carbonyl (C=O) groups excluding carboxylic acids is 1. The van der Waals surface area contributed by atoms with Gasteiger partial charge in [0.15, 0.2) is 5.82 Å². The van der Waals surface area contributed by atoms with Crippen molar-refractivity contribution >= 4 is 39.3 Å². The summed E-state index contributed by atoms with van der Waals surface area (Å²) in [6.45, 7) is 3.91. The molecule has 0 saturated carbocycles. The highest BCUT2D eigenvalue weighted by atomic mass is 79.9. The van der Waals surface area contributed by atoms with Crippen LogP contribution in [0.15, 0.2) is 41.1 Å². The Labute approximate surface area is 163 Å². The Bertz CT molecular complexity index is 935. The molecule has 0 fully saturated rings. The summed E-state index contributed by atoms with van der Waals surface area (Å²) in [5.41, 5.74) is 1.54. The van der Waals surface area contributed by atoms with E-state index in [9.17, 15) is 9.18 Å². The van der Waals surface area contributed by atoms with Crippen molar-refractivity contribution in [3.63, 3.8) is 0 Å². The number of amides is 1. The van der Waals surface area contributed by atoms with Crippen molar-refractivity contribution in [1.29, 1.82) is 0 Å². The number of carbonyl (C=O) groups is 1. The Morgan fingerprint density at radius 2 is 2.15 bits per heavy atom. The topological polar surface area (TPSA) is 64.7 Å². The summed E-state index contributed by atoms with van der Waals surface area (Å²) in [5.74, 6) is -0.357. The molecule has 0 radical (unpaired) electrons. The van der Waals surface area contributed by atoms with E-state index in [1.165, 1.54) is 12.1 Å². The van der Waals surface area contributed by atoms with Crippen LogP contribution in [0, 0.1) is 12.7 Å². The molecule has 2 aromatic heterocycles. The Hall–Kier alpha value is -2.19. The molecule has 3 aromatic rings. The molecule has 26 heavy (non-hydrogen) atoms. The molecule has 3 rings (SSSR count). The first kappa shape index (κ1) is 18.6. The lowest BCUT2D eigenvalue weighted by atomic mass is 10.2. The third-order valence-corrected chi connectivity index (χ3v) is 4.88. The first-order valence-corrected chi connectivity index (χ1v) is 9.00. The number of hydrogen-bond acceptors (Lipinski definition) is 3. The van der Waals surface area contributed by atoms with E-state index in [-0.39, 0.29) is 17.5 Å². The van der Waals surface area contributed by atoms with Crippen LogP contribution in [0.25, 0.3) is 0 Å². The number of aromatic nitrogens is 4. The largest absolute Gasteiger partial charge is 0.306 e. The summed E-state index contributed by atoms with van der Waals surface area (Å²) < 4.78 is 17.2. The molecule has 1 atom stereocenters. The smallest absolute Gasteiger partial charge is 0.250 e. The Morgan fingerprint density at radius 1 is 1.38 bits per heavy atom. The quantitative estimate of drug-likeness (QED) is 0.647. The number of aryl methyl sites for hydroxylation is 1. The van der Waals surface area contributed by atoms with Crippen LogP contribution in [-0.2, 0) is 11.3 Å². The van der Waals surface area contributed by atoms with Crippen molar-refractivity contribution in [3.8, 4) is 0 Å². The van der Waals surface area contributed by atoms with Gasteiger partial charge in [0.05, 0.1) is 16.7 Å². The molecule has 1 unspecified atom stereocenters. The van der Waals surface area contributed by atoms with Crippen molar-refractivity contribution in [2.45, 2.75) is 26.4 Å². The summed E-state index contributed by atoms with van der Waals surface area (Å²) in [6.07, 6.45) is 3.32. The predicted octanol–water partition coefficient (Wildman–Crippen LogP) is 4.19. The SMILES string of the molecule is Cc1nn(C(C)C(=O)Nc2nn(Cc3cccc(F)c3)cc2Cl)cc1Br. The number of benzene rings is 1. The van der Waals surface area contributed by atoms with Crippen molar-refractivity contribution in [3.05, 3.63) is 63.2 Å². The van der Waals surface area contributed by atoms with E-state index < -0.39 is 6.04 Å². The number of nitrogens with one attached hydrogen (secondary N) is 1. The number of halogens is 3. The molecule has 0 saturated heterocycles. The zero-order chi connectivity index (χ0) is 18.8. The summed E-state index contributed by atoms with van der Waals surface area (Å²) >= 11 is 9.54. The van der Waals surface area contributed by atoms with Crippen LogP contribution < -0.4 is 5.32 Å². The third-order valence-electron chi connectivity index (χ3n) is 3.83. The van der Waals surface area contributed by atoms with Crippen LogP contribution in [0.4, 0.5) is 10.2 Å². The Balaban J connectivity index is 1.71. The number of hydrogen-bond donors (Lipinski definition) is 1. The second kappa shape index (κ2) is 7.59. The maximum absolute atomic E-state index is 13.3. The fraction of sp³-hybridized carbons (Fsp3) is 0.235. The Kier molecular flexibility index (Phi) is 5.43. The number of anilines is 1. The van der Waals surface area contributed by atoms with Gasteiger partial charge in [0.25, 0.3) is 0 Å². The minimum atomic E-state index is -0.538. The van der Waals surface area contributed by atoms with E-state index >= 15 is 0 Å². The van der Waals surface area contributed by atoms with Gasteiger partial charge in [0, 0.05) is 12.4 Å². The summed E-state index contributed by atoms with van der Waals surface area (Å²) in [5, 5.41) is 11.6. The third kappa shape index (κ3) is 4.13. The lowest BCUT2D eigenvalue weighted by molar-refractivity contribution is -0.119. The molecule has 1 N–H and O–H groups in total. The highest BCUT2D eigenvalue weighted by Crippen LogP contribution is 2.22. The molecule has 0 aliphatic heterocycles. The average molecular weight is 441 g/mol. The van der Waals surface area contributed by atoms with E-state index in [1.54, 1.807) is 40.8 Å².